The summed E-state index contributed by atoms with van der Waals surface area (Å²) < 4.78 is 35.5. The predicted octanol–water partition coefficient (Wildman–Crippen LogP) is 5.66. The van der Waals surface area contributed by atoms with Gasteiger partial charge in [-0.25, -0.2) is 9.59 Å². The molecule has 0 aromatic heterocycles. The number of amides is 5. The summed E-state index contributed by atoms with van der Waals surface area (Å²) in [5.41, 5.74) is 4.63. The zero-order valence-electron chi connectivity index (χ0n) is 66.9. The van der Waals surface area contributed by atoms with E-state index in [1.54, 1.807) is 66.7 Å². The SMILES string of the molecule is CC(=O)N[C@H]1[C@H]([C@H](O)[C@H](O)CNC(=O)c2ccc(C3=C4C=CC(O)=CC4OC4=CC(=O)CC=C43)c(C=O)c2)O[C@](C=O)(OCCCSCCNC(=O)c2ccc(-c3ccc(C(=O)CCCSCCCO[C@]4(C(=O)O)C[C@H](O)[C@@H](NC(C)=O)[C@H]([C@H](O)[C@H](O)CNC(=O)c5ccc(-c6c7ccc(=O)cc-7oc7cc(O)ccc67)c(C(=O)O)c5)O4)cc3)cc2)C[C@@H]1O. The number of carbonyl (C=O) groups is 11. The number of fused-ring (bicyclic) bond motifs is 4. The molecule has 0 bridgehead atoms. The van der Waals surface area contributed by atoms with Gasteiger partial charge in [-0.05, 0) is 126 Å². The number of Topliss-reactive ketones (excluding diaryl/α,β-unsaturated/α-hetero) is 1. The van der Waals surface area contributed by atoms with Crippen LogP contribution in [-0.2, 0) is 47.7 Å². The van der Waals surface area contributed by atoms with Gasteiger partial charge in [-0.3, -0.25) is 47.9 Å². The number of aromatic hydroxyl groups is 1. The minimum Gasteiger partial charge on any atom is -0.508 e. The third kappa shape index (κ3) is 21.5. The molecule has 13 atom stereocenters. The highest BCUT2D eigenvalue weighted by Gasteiger charge is 2.56. The van der Waals surface area contributed by atoms with Crippen LogP contribution in [0.25, 0.3) is 50.1 Å². The fourth-order valence-corrected chi connectivity index (χ4v) is 16.9. The molecule has 1 unspecified atom stereocenters. The van der Waals surface area contributed by atoms with Crippen molar-refractivity contribution in [3.8, 4) is 39.3 Å². The van der Waals surface area contributed by atoms with Crippen molar-refractivity contribution in [2.75, 3.05) is 55.9 Å². The Morgan fingerprint density at radius 3 is 1.83 bits per heavy atom. The second-order valence-corrected chi connectivity index (χ2v) is 32.6. The van der Waals surface area contributed by atoms with Crippen LogP contribution in [-0.4, -0.2) is 251 Å². The number of hydrogen-bond acceptors (Lipinski definition) is 28. The molecule has 5 aromatic rings. The first-order valence-electron chi connectivity index (χ1n) is 39.7. The second kappa shape index (κ2) is 40.7. The van der Waals surface area contributed by atoms with E-state index in [1.807, 2.05) is 0 Å². The van der Waals surface area contributed by atoms with Gasteiger partial charge in [0.2, 0.25) is 17.6 Å². The van der Waals surface area contributed by atoms with Crippen molar-refractivity contribution in [3.05, 3.63) is 224 Å². The number of phenolic OH excluding ortho intramolecular Hbond substituents is 1. The van der Waals surface area contributed by atoms with Crippen molar-refractivity contribution in [1.82, 2.24) is 26.6 Å². The number of ketones is 2. The molecular weight excluding hydrogens is 1650 g/mol. The Kier molecular flexibility index (Phi) is 30.0. The predicted molar refractivity (Wildman–Crippen MR) is 450 cm³/mol. The van der Waals surface area contributed by atoms with Gasteiger partial charge in [-0.15, -0.1) is 0 Å². The number of hydrogen-bond donors (Lipinski definition) is 15. The lowest BCUT2D eigenvalue weighted by Gasteiger charge is -2.46. The molecule has 0 spiro atoms. The first-order valence-corrected chi connectivity index (χ1v) is 42.0. The van der Waals surface area contributed by atoms with Crippen LogP contribution in [0, 0.1) is 0 Å². The number of rotatable bonds is 38. The number of thioether (sulfide) groups is 2. The number of aliphatic hydroxyl groups is 7. The lowest BCUT2D eigenvalue weighted by molar-refractivity contribution is -0.310. The number of carboxylic acids is 2. The summed E-state index contributed by atoms with van der Waals surface area (Å²) in [7, 11) is 0. The number of aliphatic hydroxyl groups excluding tert-OH is 7. The van der Waals surface area contributed by atoms with Crippen LogP contribution in [0.4, 0.5) is 0 Å². The topological polar surface area (TPSA) is 527 Å². The number of benzene rings is 6. The van der Waals surface area contributed by atoms with Crippen LogP contribution in [0.2, 0.25) is 0 Å². The number of carbonyl (C=O) groups excluding carboxylic acids is 9. The number of aliphatic carboxylic acids is 1. The van der Waals surface area contributed by atoms with Gasteiger partial charge in [0.05, 0.1) is 55.3 Å². The first-order chi connectivity index (χ1) is 59.4. The molecule has 12 rings (SSSR count). The standard InChI is InChI=1S/C89H91N5O28S2/c1-46(97)93-77-67(104)40-88(45-96,121-81(77)79(108)69(106)42-91-84(111)52-15-21-59(54(34-52)44-95)75-61-23-17-55(99)36-71(61)119-72-37-56(100)18-24-62(72)75)117-28-4-32-124-33-27-90-83(110)51-13-9-49(10-14-51)48-7-11-50(12-8-48)66(103)6-3-30-123-31-5-29-118-89(87(115)116)41-68(105)78(94-47(2)98)82(122-89)80(109)70(107)43-92-85(112)53-16-22-60(65(35-53)86(113)114)76-63-25-19-57(101)38-73(63)120-74-39-58(102)20-26-64(74)76/h7-17,19-26,34-39,44-45,67-71,77-82,99,101,104-109H,3-6,18,27-33,40-43H2,1-2H3,(H,90,110)(H,91,111)(H,92,112)(H,93,97)(H,94,98)(H,113,114)(H,115,116)/t67-,68-,69+,70+,71?,77+,78+,79+,80+,81+,82+,88+,89+/m0/s1. The van der Waals surface area contributed by atoms with Gasteiger partial charge in [0.15, 0.2) is 29.6 Å². The normalized spacial score (nSPS) is 22.0. The summed E-state index contributed by atoms with van der Waals surface area (Å²) in [5, 5.41) is 123. The fourth-order valence-electron chi connectivity index (χ4n) is 15.3. The molecule has 7 aliphatic rings. The van der Waals surface area contributed by atoms with Crippen LogP contribution in [0.1, 0.15) is 127 Å². The quantitative estimate of drug-likeness (QED) is 0.00961. The summed E-state index contributed by atoms with van der Waals surface area (Å²) in [6.45, 7) is 0.903. The van der Waals surface area contributed by atoms with Crippen molar-refractivity contribution in [2.24, 2.45) is 0 Å². The summed E-state index contributed by atoms with van der Waals surface area (Å²) >= 11 is 2.94. The van der Waals surface area contributed by atoms with Crippen LogP contribution >= 0.6 is 23.5 Å². The number of phenols is 1. The Morgan fingerprint density at radius 1 is 0.621 bits per heavy atom. The Morgan fingerprint density at radius 2 is 1.20 bits per heavy atom. The molecule has 0 radical (unpaired) electrons. The minimum absolute atomic E-state index is 0.00673. The molecule has 3 aliphatic carbocycles. The van der Waals surface area contributed by atoms with Gasteiger partial charge >= 0.3 is 11.9 Å². The Labute approximate surface area is 716 Å². The van der Waals surface area contributed by atoms with Gasteiger partial charge in [0.25, 0.3) is 23.5 Å². The van der Waals surface area contributed by atoms with E-state index >= 15 is 0 Å². The van der Waals surface area contributed by atoms with Gasteiger partial charge < -0.3 is 106 Å². The maximum atomic E-state index is 13.6. The number of ether oxygens (including phenoxy) is 5. The van der Waals surface area contributed by atoms with Crippen molar-refractivity contribution in [1.29, 1.82) is 0 Å². The zero-order chi connectivity index (χ0) is 88.8. The summed E-state index contributed by atoms with van der Waals surface area (Å²) in [5.74, 6) is -9.39. The number of aldehydes is 2. The van der Waals surface area contributed by atoms with Gasteiger partial charge in [-0.1, -0.05) is 60.7 Å². The highest BCUT2D eigenvalue weighted by molar-refractivity contribution is 7.99. The highest BCUT2D eigenvalue weighted by atomic mass is 32.2. The average molecular weight is 1740 g/mol. The molecule has 4 aliphatic heterocycles. The van der Waals surface area contributed by atoms with E-state index in [2.05, 4.69) is 26.6 Å². The molecule has 15 N–H and O–H groups in total. The van der Waals surface area contributed by atoms with Gasteiger partial charge in [0.1, 0.15) is 59.1 Å². The maximum absolute atomic E-state index is 13.6. The molecule has 4 heterocycles. The third-order valence-corrected chi connectivity index (χ3v) is 23.6. The van der Waals surface area contributed by atoms with Gasteiger partial charge in [-0.2, -0.15) is 23.5 Å². The lowest BCUT2D eigenvalue weighted by atomic mass is 9.81. The molecule has 35 heteroatoms. The molecule has 124 heavy (non-hydrogen) atoms. The van der Waals surface area contributed by atoms with Crippen LogP contribution in [0.15, 0.2) is 184 Å². The van der Waals surface area contributed by atoms with E-state index < -0.39 is 146 Å². The smallest absolute Gasteiger partial charge is 0.364 e. The summed E-state index contributed by atoms with van der Waals surface area (Å²) in [6, 6.07) is 27.2. The summed E-state index contributed by atoms with van der Waals surface area (Å²) in [6.07, 6.45) is -6.64. The Balaban J connectivity index is 0.542. The van der Waals surface area contributed by atoms with E-state index in [1.165, 1.54) is 102 Å². The van der Waals surface area contributed by atoms with Crippen LogP contribution in [0.3, 0.4) is 0 Å². The van der Waals surface area contributed by atoms with Crippen molar-refractivity contribution in [3.63, 3.8) is 0 Å². The average Bonchev–Trinajstić information content (AvgIpc) is 0.747. The van der Waals surface area contributed by atoms with E-state index in [-0.39, 0.29) is 106 Å². The zero-order valence-corrected chi connectivity index (χ0v) is 68.5. The number of nitrogens with one attached hydrogen (secondary N) is 5. The third-order valence-electron chi connectivity index (χ3n) is 21.4. The van der Waals surface area contributed by atoms with E-state index in [0.29, 0.717) is 105 Å². The largest absolute Gasteiger partial charge is 0.508 e. The molecular formula is C89H91N5O28S2. The highest BCUT2D eigenvalue weighted by Crippen LogP contribution is 2.46. The molecule has 2 fully saturated rings. The van der Waals surface area contributed by atoms with Gasteiger partial charge in [0, 0.05) is 150 Å². The summed E-state index contributed by atoms with van der Waals surface area (Å²) in [4.78, 5) is 154. The molecule has 652 valence electrons. The first kappa shape index (κ1) is 91.4. The van der Waals surface area contributed by atoms with Crippen LogP contribution in [0.5, 0.6) is 5.75 Å². The van der Waals surface area contributed by atoms with E-state index in [9.17, 15) is 109 Å². The lowest BCUT2D eigenvalue weighted by Crippen LogP contribution is -2.68. The van der Waals surface area contributed by atoms with E-state index in [0.717, 1.165) is 31.0 Å². The number of aromatic carboxylic acids is 1. The van der Waals surface area contributed by atoms with Crippen LogP contribution < -0.4 is 32.0 Å². The number of carboxylic acid groups (broad SMARTS) is 2. The molecule has 33 nitrogen and oxygen atoms in total. The Bertz CT molecular complexity index is 5450. The molecule has 0 saturated carbocycles. The second-order valence-electron chi connectivity index (χ2n) is 30.1. The van der Waals surface area contributed by atoms with E-state index in [4.69, 9.17) is 28.1 Å². The Hall–Kier alpha value is -11.8. The minimum atomic E-state index is -2.59. The molecule has 2 saturated heterocycles. The maximum Gasteiger partial charge on any atom is 0.364 e. The van der Waals surface area contributed by atoms with Crippen molar-refractivity contribution >= 4 is 106 Å². The number of allylic oxidation sites excluding steroid dienone is 4. The molecule has 5 aromatic carbocycles. The van der Waals surface area contributed by atoms with Crippen molar-refractivity contribution < 1.29 is 132 Å². The monoisotopic (exact) mass is 1740 g/mol. The fraction of sp³-hybridized carbons (Fsp3) is 0.348. The molecule has 5 amide bonds. The van der Waals surface area contributed by atoms with Crippen molar-refractivity contribution in [2.45, 2.75) is 137 Å².